The van der Waals surface area contributed by atoms with Crippen LogP contribution in [0.15, 0.2) is 60.8 Å². The van der Waals surface area contributed by atoms with Crippen LogP contribution in [0, 0.1) is 5.92 Å². The zero-order chi connectivity index (χ0) is 31.2. The smallest absolute Gasteiger partial charge is 0.336 e. The number of nitrogens with zero attached hydrogens (tertiary/aromatic N) is 2. The molecule has 1 aliphatic heterocycles. The molecule has 1 atom stereocenters. The van der Waals surface area contributed by atoms with Crippen molar-refractivity contribution in [1.29, 1.82) is 0 Å². The largest absolute Gasteiger partial charge is 0.493 e. The lowest BCUT2D eigenvalue weighted by molar-refractivity contribution is -0.141. The van der Waals surface area contributed by atoms with Gasteiger partial charge in [0.05, 0.1) is 30.0 Å². The van der Waals surface area contributed by atoms with Crippen LogP contribution in [0.2, 0.25) is 5.02 Å². The summed E-state index contributed by atoms with van der Waals surface area (Å²) in [5.74, 6) is -1.29. The Morgan fingerprint density at radius 3 is 2.57 bits per heavy atom. The molecule has 0 fully saturated rings. The van der Waals surface area contributed by atoms with Gasteiger partial charge in [0.25, 0.3) is 0 Å². The van der Waals surface area contributed by atoms with Gasteiger partial charge in [-0.15, -0.1) is 0 Å². The van der Waals surface area contributed by atoms with Gasteiger partial charge in [0.1, 0.15) is 18.1 Å². The van der Waals surface area contributed by atoms with Gasteiger partial charge >= 0.3 is 11.9 Å². The molecular formula is C35H37ClN2O6. The maximum absolute atomic E-state index is 12.7. The van der Waals surface area contributed by atoms with Crippen molar-refractivity contribution in [2.45, 2.75) is 65.5 Å². The number of carboxylic acids is 2. The quantitative estimate of drug-likeness (QED) is 0.153. The summed E-state index contributed by atoms with van der Waals surface area (Å²) in [6.07, 6.45) is 5.92. The van der Waals surface area contributed by atoms with Crippen LogP contribution in [0.25, 0.3) is 11.3 Å². The van der Waals surface area contributed by atoms with Gasteiger partial charge in [-0.2, -0.15) is 5.10 Å². The predicted molar refractivity (Wildman–Crippen MR) is 169 cm³/mol. The van der Waals surface area contributed by atoms with Crippen LogP contribution in [0.1, 0.15) is 64.9 Å². The number of carboxylic acid groups (broad SMARTS) is 2. The highest BCUT2D eigenvalue weighted by Crippen LogP contribution is 2.37. The first kappa shape index (κ1) is 31.1. The Labute approximate surface area is 262 Å². The third-order valence-corrected chi connectivity index (χ3v) is 8.38. The second-order valence-electron chi connectivity index (χ2n) is 11.1. The highest BCUT2D eigenvalue weighted by Gasteiger charge is 2.26. The lowest BCUT2D eigenvalue weighted by Gasteiger charge is -2.19. The van der Waals surface area contributed by atoms with Gasteiger partial charge in [-0.1, -0.05) is 56.1 Å². The monoisotopic (exact) mass is 616 g/mol. The topological polar surface area (TPSA) is 111 Å². The fourth-order valence-corrected chi connectivity index (χ4v) is 5.96. The van der Waals surface area contributed by atoms with Crippen molar-refractivity contribution >= 4 is 23.5 Å². The summed E-state index contributed by atoms with van der Waals surface area (Å²) < 4.78 is 13.9. The molecule has 0 radical (unpaired) electrons. The van der Waals surface area contributed by atoms with E-state index in [2.05, 4.69) is 25.0 Å². The van der Waals surface area contributed by atoms with Crippen LogP contribution in [0.4, 0.5) is 0 Å². The third kappa shape index (κ3) is 6.91. The molecule has 0 amide bonds. The average molecular weight is 617 g/mol. The van der Waals surface area contributed by atoms with Gasteiger partial charge in [0.15, 0.2) is 0 Å². The van der Waals surface area contributed by atoms with E-state index in [9.17, 15) is 19.8 Å². The number of aromatic nitrogens is 2. The van der Waals surface area contributed by atoms with Crippen molar-refractivity contribution < 1.29 is 29.3 Å². The van der Waals surface area contributed by atoms with Gasteiger partial charge in [-0.3, -0.25) is 9.48 Å². The van der Waals surface area contributed by atoms with E-state index < -0.39 is 17.9 Å². The van der Waals surface area contributed by atoms with E-state index in [4.69, 9.17) is 21.1 Å². The number of carbonyl (C=O) groups is 2. The fraction of sp³-hybridized carbons (Fsp3) is 0.343. The summed E-state index contributed by atoms with van der Waals surface area (Å²) in [6, 6.07) is 16.2. The average Bonchev–Trinajstić information content (AvgIpc) is 3.64. The van der Waals surface area contributed by atoms with Crippen molar-refractivity contribution in [1.82, 2.24) is 9.78 Å². The van der Waals surface area contributed by atoms with E-state index in [-0.39, 0.29) is 18.6 Å². The highest BCUT2D eigenvalue weighted by molar-refractivity contribution is 6.30. The van der Waals surface area contributed by atoms with Crippen LogP contribution < -0.4 is 9.47 Å². The number of halogens is 1. The molecule has 0 saturated heterocycles. The van der Waals surface area contributed by atoms with Crippen LogP contribution in [-0.2, 0) is 43.6 Å². The molecule has 44 heavy (non-hydrogen) atoms. The molecule has 5 rings (SSSR count). The third-order valence-electron chi connectivity index (χ3n) is 8.14. The van der Waals surface area contributed by atoms with Crippen molar-refractivity contribution in [3.8, 4) is 22.8 Å². The number of aryl methyl sites for hydroxylation is 2. The number of unbranched alkanes of at least 4 members (excludes halogenated alkanes) is 1. The molecule has 0 aliphatic carbocycles. The number of aromatic carboxylic acids is 1. The van der Waals surface area contributed by atoms with E-state index in [0.29, 0.717) is 35.9 Å². The minimum absolute atomic E-state index is 0.0200. The van der Waals surface area contributed by atoms with Gasteiger partial charge < -0.3 is 19.7 Å². The van der Waals surface area contributed by atoms with Crippen molar-refractivity contribution in [3.05, 3.63) is 99.2 Å². The van der Waals surface area contributed by atoms with Gasteiger partial charge in [-0.25, -0.2) is 4.79 Å². The van der Waals surface area contributed by atoms with E-state index in [0.717, 1.165) is 59.4 Å². The Bertz CT molecular complexity index is 1660. The van der Waals surface area contributed by atoms with Crippen molar-refractivity contribution in [3.63, 3.8) is 0 Å². The lowest BCUT2D eigenvalue weighted by Crippen LogP contribution is -2.20. The van der Waals surface area contributed by atoms with E-state index in [1.54, 1.807) is 42.6 Å². The molecule has 1 aromatic heterocycles. The molecular weight excluding hydrogens is 580 g/mol. The minimum atomic E-state index is -1.03. The Balaban J connectivity index is 1.50. The zero-order valence-corrected chi connectivity index (χ0v) is 25.8. The maximum atomic E-state index is 12.7. The molecule has 0 saturated carbocycles. The van der Waals surface area contributed by atoms with Crippen molar-refractivity contribution in [2.24, 2.45) is 5.92 Å². The van der Waals surface area contributed by atoms with E-state index in [1.807, 2.05) is 16.8 Å². The Hall–Kier alpha value is -4.30. The summed E-state index contributed by atoms with van der Waals surface area (Å²) in [5, 5.41) is 25.2. The number of aliphatic carboxylic acids is 1. The summed E-state index contributed by atoms with van der Waals surface area (Å²) in [4.78, 5) is 24.4. The van der Waals surface area contributed by atoms with Gasteiger partial charge in [0.2, 0.25) is 0 Å². The van der Waals surface area contributed by atoms with Crippen molar-refractivity contribution in [2.75, 3.05) is 6.61 Å². The Morgan fingerprint density at radius 2 is 1.82 bits per heavy atom. The number of fused-ring (bicyclic) bond motifs is 1. The maximum Gasteiger partial charge on any atom is 0.336 e. The van der Waals surface area contributed by atoms with Crippen LogP contribution in [0.3, 0.4) is 0 Å². The number of rotatable bonds is 14. The molecule has 3 aromatic carbocycles. The summed E-state index contributed by atoms with van der Waals surface area (Å²) in [7, 11) is 0. The molecule has 2 heterocycles. The fourth-order valence-electron chi connectivity index (χ4n) is 5.80. The molecule has 1 aliphatic rings. The van der Waals surface area contributed by atoms with Gasteiger partial charge in [-0.05, 0) is 78.3 Å². The first-order chi connectivity index (χ1) is 21.3. The number of benzene rings is 3. The minimum Gasteiger partial charge on any atom is -0.493 e. The number of ether oxygens (including phenoxy) is 2. The number of hydrogen-bond donors (Lipinski definition) is 2. The summed E-state index contributed by atoms with van der Waals surface area (Å²) in [5.41, 5.74) is 6.30. The lowest BCUT2D eigenvalue weighted by atomic mass is 9.88. The van der Waals surface area contributed by atoms with E-state index in [1.165, 1.54) is 5.56 Å². The molecule has 2 N–H and O–H groups in total. The Morgan fingerprint density at radius 1 is 1.02 bits per heavy atom. The number of hydrogen-bond acceptors (Lipinski definition) is 5. The van der Waals surface area contributed by atoms with Crippen LogP contribution >= 0.6 is 11.6 Å². The summed E-state index contributed by atoms with van der Waals surface area (Å²) in [6.45, 7) is 5.51. The molecule has 9 heteroatoms. The Kier molecular flexibility index (Phi) is 9.90. The molecule has 230 valence electrons. The molecule has 0 bridgehead atoms. The van der Waals surface area contributed by atoms with E-state index >= 15 is 0 Å². The molecule has 4 aromatic rings. The highest BCUT2D eigenvalue weighted by atomic mass is 35.5. The first-order valence-corrected chi connectivity index (χ1v) is 15.5. The zero-order valence-electron chi connectivity index (χ0n) is 25.0. The SMILES string of the molecule is CCCCn1ncc(CC(Cc2cc3c(cc2CC)CCO3)C(=O)O)c1-c1ccc(Cl)cc1OCc1ccccc1C(=O)O. The summed E-state index contributed by atoms with van der Waals surface area (Å²) >= 11 is 6.41. The van der Waals surface area contributed by atoms with Crippen LogP contribution in [0.5, 0.6) is 11.5 Å². The molecule has 1 unspecified atom stereocenters. The van der Waals surface area contributed by atoms with Crippen LogP contribution in [-0.4, -0.2) is 38.5 Å². The first-order valence-electron chi connectivity index (χ1n) is 15.1. The van der Waals surface area contributed by atoms with Gasteiger partial charge in [0, 0.05) is 29.1 Å². The second-order valence-corrected chi connectivity index (χ2v) is 11.5. The molecule has 8 nitrogen and oxygen atoms in total. The molecule has 0 spiro atoms. The predicted octanol–water partition coefficient (Wildman–Crippen LogP) is 7.26. The standard InChI is InChI=1S/C35H37ClN2O6/c1-3-5-13-38-33(30-11-10-28(36)19-32(30)44-21-24-8-6-7-9-29(24)35(41)42)27(20-37-38)17-26(34(39)40)16-25-18-31-23(12-14-43-31)15-22(25)4-2/h6-11,15,18-20,26H,3-5,12-14,16-17,21H2,1-2H3,(H,39,40)(H,41,42). The second kappa shape index (κ2) is 14.0. The normalized spacial score (nSPS) is 12.9.